The highest BCUT2D eigenvalue weighted by molar-refractivity contribution is 9.10. The number of rotatable bonds is 5. The maximum Gasteiger partial charge on any atom is 0.123 e. The molecule has 1 N–H and O–H groups in total. The van der Waals surface area contributed by atoms with Crippen LogP contribution in [0.3, 0.4) is 0 Å². The van der Waals surface area contributed by atoms with E-state index in [9.17, 15) is 4.39 Å². The van der Waals surface area contributed by atoms with Crippen molar-refractivity contribution in [3.05, 3.63) is 69.9 Å². The fraction of sp³-hybridized carbons (Fsp3) is 0.294. The second kappa shape index (κ2) is 7.00. The zero-order valence-corrected chi connectivity index (χ0v) is 13.3. The summed E-state index contributed by atoms with van der Waals surface area (Å²) in [5, 5.41) is 3.56. The van der Waals surface area contributed by atoms with Gasteiger partial charge >= 0.3 is 0 Å². The summed E-state index contributed by atoms with van der Waals surface area (Å²) in [6.07, 6.45) is 0.921. The molecule has 0 aliphatic carbocycles. The summed E-state index contributed by atoms with van der Waals surface area (Å²) in [7, 11) is 0. The first-order chi connectivity index (χ1) is 9.60. The highest BCUT2D eigenvalue weighted by atomic mass is 79.9. The largest absolute Gasteiger partial charge is 0.303 e. The predicted octanol–water partition coefficient (Wildman–Crippen LogP) is 5.39. The second-order valence-electron chi connectivity index (χ2n) is 4.96. The van der Waals surface area contributed by atoms with E-state index in [1.807, 2.05) is 18.2 Å². The summed E-state index contributed by atoms with van der Waals surface area (Å²) < 4.78 is 14.4. The summed E-state index contributed by atoms with van der Waals surface area (Å²) in [6, 6.07) is 15.5. The van der Waals surface area contributed by atoms with Gasteiger partial charge in [0.05, 0.1) is 0 Å². The topological polar surface area (TPSA) is 12.0 Å². The lowest BCUT2D eigenvalue weighted by atomic mass is 10.0. The summed E-state index contributed by atoms with van der Waals surface area (Å²) in [5.41, 5.74) is 2.22. The van der Waals surface area contributed by atoms with Crippen LogP contribution >= 0.6 is 15.9 Å². The van der Waals surface area contributed by atoms with Crippen molar-refractivity contribution in [1.82, 2.24) is 5.32 Å². The number of hydrogen-bond donors (Lipinski definition) is 1. The van der Waals surface area contributed by atoms with Gasteiger partial charge in [0, 0.05) is 16.6 Å². The SMILES string of the molecule is CCC(N[C@@H](C)c1ccc(Br)cc1)c1cccc(F)c1. The van der Waals surface area contributed by atoms with Crippen LogP contribution in [0.1, 0.15) is 43.5 Å². The van der Waals surface area contributed by atoms with Crippen LogP contribution in [-0.2, 0) is 0 Å². The fourth-order valence-corrected chi connectivity index (χ4v) is 2.59. The van der Waals surface area contributed by atoms with E-state index in [1.54, 1.807) is 12.1 Å². The third-order valence-corrected chi connectivity index (χ3v) is 4.01. The van der Waals surface area contributed by atoms with Crippen LogP contribution in [-0.4, -0.2) is 0 Å². The van der Waals surface area contributed by atoms with Crippen molar-refractivity contribution in [1.29, 1.82) is 0 Å². The van der Waals surface area contributed by atoms with Crippen LogP contribution in [0.25, 0.3) is 0 Å². The minimum Gasteiger partial charge on any atom is -0.303 e. The summed E-state index contributed by atoms with van der Waals surface area (Å²) in [6.45, 7) is 4.24. The van der Waals surface area contributed by atoms with E-state index in [-0.39, 0.29) is 17.9 Å². The van der Waals surface area contributed by atoms with Crippen LogP contribution in [0.2, 0.25) is 0 Å². The van der Waals surface area contributed by atoms with E-state index in [4.69, 9.17) is 0 Å². The first kappa shape index (κ1) is 15.2. The third kappa shape index (κ3) is 3.90. The van der Waals surface area contributed by atoms with Gasteiger partial charge in [-0.1, -0.05) is 47.1 Å². The third-order valence-electron chi connectivity index (χ3n) is 3.48. The Kier molecular flexibility index (Phi) is 5.32. The molecule has 0 aliphatic rings. The van der Waals surface area contributed by atoms with E-state index in [0.29, 0.717) is 0 Å². The molecule has 0 saturated carbocycles. The summed E-state index contributed by atoms with van der Waals surface area (Å²) >= 11 is 3.44. The smallest absolute Gasteiger partial charge is 0.123 e. The lowest BCUT2D eigenvalue weighted by Crippen LogP contribution is -2.24. The minimum atomic E-state index is -0.181. The quantitative estimate of drug-likeness (QED) is 0.772. The molecule has 0 saturated heterocycles. The summed E-state index contributed by atoms with van der Waals surface area (Å²) in [5.74, 6) is -0.181. The average Bonchev–Trinajstić information content (AvgIpc) is 2.45. The Balaban J connectivity index is 2.11. The van der Waals surface area contributed by atoms with E-state index >= 15 is 0 Å². The molecule has 0 spiro atoms. The van der Waals surface area contributed by atoms with Gasteiger partial charge in [0.25, 0.3) is 0 Å². The van der Waals surface area contributed by atoms with Crippen LogP contribution in [0.15, 0.2) is 53.0 Å². The van der Waals surface area contributed by atoms with Gasteiger partial charge in [-0.25, -0.2) is 4.39 Å². The lowest BCUT2D eigenvalue weighted by Gasteiger charge is -2.23. The molecule has 2 rings (SSSR count). The zero-order valence-electron chi connectivity index (χ0n) is 11.7. The van der Waals surface area contributed by atoms with E-state index in [1.165, 1.54) is 11.6 Å². The van der Waals surface area contributed by atoms with Crippen LogP contribution in [0.5, 0.6) is 0 Å². The molecule has 0 bridgehead atoms. The Morgan fingerprint density at radius 1 is 1.10 bits per heavy atom. The Hall–Kier alpha value is -1.19. The molecular weight excluding hydrogens is 317 g/mol. The van der Waals surface area contributed by atoms with Gasteiger partial charge < -0.3 is 5.32 Å². The van der Waals surface area contributed by atoms with E-state index in [2.05, 4.69) is 47.2 Å². The fourth-order valence-electron chi connectivity index (χ4n) is 2.32. The van der Waals surface area contributed by atoms with Gasteiger partial charge in [-0.05, 0) is 48.7 Å². The van der Waals surface area contributed by atoms with Crippen molar-refractivity contribution < 1.29 is 4.39 Å². The maximum absolute atomic E-state index is 13.3. The van der Waals surface area contributed by atoms with Crippen molar-refractivity contribution in [3.8, 4) is 0 Å². The monoisotopic (exact) mass is 335 g/mol. The Morgan fingerprint density at radius 2 is 1.80 bits per heavy atom. The molecule has 0 aromatic heterocycles. The standard InChI is InChI=1S/C17H19BrFN/c1-3-17(14-5-4-6-16(19)11-14)20-12(2)13-7-9-15(18)10-8-13/h4-12,17,20H,3H2,1-2H3/t12-,17?/m0/s1. The first-order valence-corrected chi connectivity index (χ1v) is 7.66. The molecule has 20 heavy (non-hydrogen) atoms. The second-order valence-corrected chi connectivity index (χ2v) is 5.87. The molecule has 0 fully saturated rings. The van der Waals surface area contributed by atoms with Crippen LogP contribution in [0, 0.1) is 5.82 Å². The van der Waals surface area contributed by atoms with Gasteiger partial charge in [0.2, 0.25) is 0 Å². The van der Waals surface area contributed by atoms with Gasteiger partial charge in [0.1, 0.15) is 5.82 Å². The molecule has 0 heterocycles. The molecule has 3 heteroatoms. The minimum absolute atomic E-state index is 0.157. The molecule has 2 aromatic carbocycles. The number of hydrogen-bond acceptors (Lipinski definition) is 1. The number of benzene rings is 2. The van der Waals surface area contributed by atoms with Gasteiger partial charge in [-0.3, -0.25) is 0 Å². The molecule has 0 amide bonds. The van der Waals surface area contributed by atoms with E-state index < -0.39 is 0 Å². The molecule has 0 aliphatic heterocycles. The maximum atomic E-state index is 13.3. The summed E-state index contributed by atoms with van der Waals surface area (Å²) in [4.78, 5) is 0. The van der Waals surface area contributed by atoms with Gasteiger partial charge in [-0.2, -0.15) is 0 Å². The van der Waals surface area contributed by atoms with Crippen molar-refractivity contribution in [2.24, 2.45) is 0 Å². The molecule has 0 radical (unpaired) electrons. The zero-order chi connectivity index (χ0) is 14.5. The van der Waals surface area contributed by atoms with Crippen LogP contribution < -0.4 is 5.32 Å². The normalized spacial score (nSPS) is 14.0. The average molecular weight is 336 g/mol. The predicted molar refractivity (Wildman–Crippen MR) is 85.1 cm³/mol. The number of nitrogens with one attached hydrogen (secondary N) is 1. The van der Waals surface area contributed by atoms with Gasteiger partial charge in [0.15, 0.2) is 0 Å². The Labute approximate surface area is 128 Å². The number of halogens is 2. The molecule has 1 nitrogen and oxygen atoms in total. The Bertz CT molecular complexity index is 553. The molecule has 2 aromatic rings. The highest BCUT2D eigenvalue weighted by Crippen LogP contribution is 2.23. The van der Waals surface area contributed by atoms with E-state index in [0.717, 1.165) is 16.5 Å². The molecule has 106 valence electrons. The first-order valence-electron chi connectivity index (χ1n) is 6.87. The molecular formula is C17H19BrFN. The van der Waals surface area contributed by atoms with Crippen molar-refractivity contribution in [2.75, 3.05) is 0 Å². The van der Waals surface area contributed by atoms with Crippen molar-refractivity contribution in [2.45, 2.75) is 32.4 Å². The molecule has 2 atom stereocenters. The Morgan fingerprint density at radius 3 is 2.40 bits per heavy atom. The van der Waals surface area contributed by atoms with Crippen molar-refractivity contribution >= 4 is 15.9 Å². The van der Waals surface area contributed by atoms with Gasteiger partial charge in [-0.15, -0.1) is 0 Å². The van der Waals surface area contributed by atoms with Crippen molar-refractivity contribution in [3.63, 3.8) is 0 Å². The van der Waals surface area contributed by atoms with Crippen LogP contribution in [0.4, 0.5) is 4.39 Å². The highest BCUT2D eigenvalue weighted by Gasteiger charge is 2.14. The lowest BCUT2D eigenvalue weighted by molar-refractivity contribution is 0.454. The molecule has 1 unspecified atom stereocenters.